The van der Waals surface area contributed by atoms with Gasteiger partial charge in [0.15, 0.2) is 5.78 Å². The van der Waals surface area contributed by atoms with E-state index in [1.54, 1.807) is 12.3 Å². The van der Waals surface area contributed by atoms with Gasteiger partial charge >= 0.3 is 5.97 Å². The van der Waals surface area contributed by atoms with Crippen LogP contribution in [0, 0.1) is 5.92 Å². The third-order valence-electron chi connectivity index (χ3n) is 4.86. The summed E-state index contributed by atoms with van der Waals surface area (Å²) in [7, 11) is 0. The summed E-state index contributed by atoms with van der Waals surface area (Å²) in [6, 6.07) is 11.2. The summed E-state index contributed by atoms with van der Waals surface area (Å²) in [5.74, 6) is -0.348. The van der Waals surface area contributed by atoms with Crippen LogP contribution in [0.5, 0.6) is 0 Å². The molecule has 0 amide bonds. The molecule has 1 aromatic carbocycles. The molecule has 1 aliphatic heterocycles. The number of fused-ring (bicyclic) bond motifs is 1. The Hall–Kier alpha value is -1.92. The third-order valence-corrected chi connectivity index (χ3v) is 6.24. The first-order chi connectivity index (χ1) is 12.6. The van der Waals surface area contributed by atoms with Crippen molar-refractivity contribution in [3.63, 3.8) is 0 Å². The van der Waals surface area contributed by atoms with Crippen LogP contribution in [-0.2, 0) is 14.3 Å². The van der Waals surface area contributed by atoms with Gasteiger partial charge in [0, 0.05) is 10.9 Å². The van der Waals surface area contributed by atoms with Gasteiger partial charge in [-0.2, -0.15) is 0 Å². The van der Waals surface area contributed by atoms with Crippen molar-refractivity contribution < 1.29 is 19.1 Å². The highest BCUT2D eigenvalue weighted by Gasteiger charge is 2.41. The number of ketones is 1. The number of carbonyl (C=O) groups is 2. The minimum atomic E-state index is -0.295. The van der Waals surface area contributed by atoms with Gasteiger partial charge < -0.3 is 9.47 Å². The van der Waals surface area contributed by atoms with Crippen molar-refractivity contribution in [1.82, 2.24) is 0 Å². The largest absolute Gasteiger partial charge is 0.496 e. The highest BCUT2D eigenvalue weighted by atomic mass is 79.9. The number of hydrogen-bond donors (Lipinski definition) is 0. The minimum Gasteiger partial charge on any atom is -0.496 e. The van der Waals surface area contributed by atoms with Crippen molar-refractivity contribution in [2.24, 2.45) is 5.92 Å². The van der Waals surface area contributed by atoms with E-state index in [2.05, 4.69) is 15.9 Å². The Balaban J connectivity index is 1.44. The molecular formula is C20H17BrO4S. The van der Waals surface area contributed by atoms with E-state index in [0.29, 0.717) is 29.7 Å². The van der Waals surface area contributed by atoms with Crippen LogP contribution in [0.1, 0.15) is 34.5 Å². The van der Waals surface area contributed by atoms with Gasteiger partial charge in [0.2, 0.25) is 0 Å². The van der Waals surface area contributed by atoms with Gasteiger partial charge in [-0.15, -0.1) is 11.3 Å². The summed E-state index contributed by atoms with van der Waals surface area (Å²) < 4.78 is 12.4. The Morgan fingerprint density at radius 2 is 2.00 bits per heavy atom. The number of ether oxygens (including phenoxy) is 2. The lowest BCUT2D eigenvalue weighted by molar-refractivity contribution is -0.126. The summed E-state index contributed by atoms with van der Waals surface area (Å²) in [5, 5.41) is 1.85. The molecule has 3 atom stereocenters. The minimum absolute atomic E-state index is 0.117. The van der Waals surface area contributed by atoms with Crippen LogP contribution in [0.15, 0.2) is 52.5 Å². The van der Waals surface area contributed by atoms with Crippen molar-refractivity contribution in [2.75, 3.05) is 0 Å². The van der Waals surface area contributed by atoms with Crippen molar-refractivity contribution in [3.8, 4) is 0 Å². The van der Waals surface area contributed by atoms with Crippen LogP contribution in [0.4, 0.5) is 0 Å². The van der Waals surface area contributed by atoms with E-state index in [9.17, 15) is 9.59 Å². The Morgan fingerprint density at radius 3 is 2.73 bits per heavy atom. The lowest BCUT2D eigenvalue weighted by atomic mass is 9.78. The van der Waals surface area contributed by atoms with E-state index in [1.165, 1.54) is 11.3 Å². The summed E-state index contributed by atoms with van der Waals surface area (Å²) >= 11 is 4.77. The number of carbonyl (C=O) groups excluding carboxylic acids is 2. The maximum absolute atomic E-state index is 12.9. The number of allylic oxidation sites excluding steroid dienone is 1. The standard InChI is InChI=1S/C20H17BrO4S/c21-13-5-3-12(4-6-13)16-11-24-17-10-14(7-8-15(17)19(16)22)25-20(23)18-2-1-9-26-18/h1-6,9,11,14-15,17H,7-8,10H2. The van der Waals surface area contributed by atoms with Crippen molar-refractivity contribution in [3.05, 3.63) is 63.0 Å². The second kappa shape index (κ2) is 7.37. The number of hydrogen-bond acceptors (Lipinski definition) is 5. The fourth-order valence-electron chi connectivity index (χ4n) is 3.51. The van der Waals surface area contributed by atoms with Crippen LogP contribution in [0.3, 0.4) is 0 Å². The molecule has 1 fully saturated rings. The monoisotopic (exact) mass is 432 g/mol. The molecule has 6 heteroatoms. The van der Waals surface area contributed by atoms with Crippen molar-refractivity contribution >= 4 is 44.6 Å². The molecule has 0 bridgehead atoms. The highest BCUT2D eigenvalue weighted by molar-refractivity contribution is 9.10. The topological polar surface area (TPSA) is 52.6 Å². The van der Waals surface area contributed by atoms with E-state index in [0.717, 1.165) is 10.0 Å². The average molecular weight is 433 g/mol. The Morgan fingerprint density at radius 1 is 1.19 bits per heavy atom. The van der Waals surface area contributed by atoms with Crippen LogP contribution in [-0.4, -0.2) is 24.0 Å². The number of thiophene rings is 1. The quantitative estimate of drug-likeness (QED) is 0.650. The molecule has 3 unspecified atom stereocenters. The first-order valence-electron chi connectivity index (χ1n) is 8.52. The van der Waals surface area contributed by atoms with Gasteiger partial charge in [0.25, 0.3) is 0 Å². The first kappa shape index (κ1) is 17.5. The molecule has 0 radical (unpaired) electrons. The maximum atomic E-state index is 12.9. The molecule has 4 rings (SSSR count). The molecule has 4 nitrogen and oxygen atoms in total. The average Bonchev–Trinajstić information content (AvgIpc) is 3.18. The van der Waals surface area contributed by atoms with Gasteiger partial charge in [0.1, 0.15) is 17.1 Å². The fourth-order valence-corrected chi connectivity index (χ4v) is 4.38. The maximum Gasteiger partial charge on any atom is 0.348 e. The zero-order chi connectivity index (χ0) is 18.1. The molecule has 26 heavy (non-hydrogen) atoms. The molecular weight excluding hydrogens is 416 g/mol. The molecule has 0 spiro atoms. The molecule has 1 aliphatic carbocycles. The van der Waals surface area contributed by atoms with Gasteiger partial charge in [-0.1, -0.05) is 34.1 Å². The van der Waals surface area contributed by atoms with E-state index < -0.39 is 0 Å². The van der Waals surface area contributed by atoms with Gasteiger partial charge in [-0.05, 0) is 42.0 Å². The molecule has 0 N–H and O–H groups in total. The smallest absolute Gasteiger partial charge is 0.348 e. The van der Waals surface area contributed by atoms with Crippen LogP contribution in [0.25, 0.3) is 5.57 Å². The second-order valence-corrected chi connectivity index (χ2v) is 8.36. The van der Waals surface area contributed by atoms with Crippen molar-refractivity contribution in [1.29, 1.82) is 0 Å². The Labute approximate surface area is 163 Å². The number of rotatable bonds is 3. The number of esters is 1. The third kappa shape index (κ3) is 3.48. The number of benzene rings is 1. The zero-order valence-corrected chi connectivity index (χ0v) is 16.3. The molecule has 0 saturated heterocycles. The number of Topliss-reactive ketones (excluding diaryl/α,β-unsaturated/α-hetero) is 1. The molecule has 2 aliphatic rings. The van der Waals surface area contributed by atoms with Crippen LogP contribution < -0.4 is 0 Å². The number of halogens is 1. The molecule has 2 aromatic rings. The van der Waals surface area contributed by atoms with Gasteiger partial charge in [-0.25, -0.2) is 4.79 Å². The van der Waals surface area contributed by atoms with Crippen molar-refractivity contribution in [2.45, 2.75) is 31.5 Å². The van der Waals surface area contributed by atoms with E-state index >= 15 is 0 Å². The van der Waals surface area contributed by atoms with E-state index in [1.807, 2.05) is 35.7 Å². The molecule has 1 saturated carbocycles. The summed E-state index contributed by atoms with van der Waals surface area (Å²) in [6.07, 6.45) is 3.03. The Kier molecular flexibility index (Phi) is 4.96. The van der Waals surface area contributed by atoms with Crippen LogP contribution in [0.2, 0.25) is 0 Å². The second-order valence-electron chi connectivity index (χ2n) is 6.50. The molecule has 134 valence electrons. The van der Waals surface area contributed by atoms with Crippen LogP contribution >= 0.6 is 27.3 Å². The predicted octanol–water partition coefficient (Wildman–Crippen LogP) is 4.85. The van der Waals surface area contributed by atoms with Gasteiger partial charge in [0.05, 0.1) is 17.8 Å². The van der Waals surface area contributed by atoms with Gasteiger partial charge in [-0.3, -0.25) is 4.79 Å². The SMILES string of the molecule is O=C(OC1CCC2C(=O)C(c3ccc(Br)cc3)=COC2C1)c1cccs1. The predicted molar refractivity (Wildman–Crippen MR) is 103 cm³/mol. The summed E-state index contributed by atoms with van der Waals surface area (Å²) in [5.41, 5.74) is 1.48. The van der Waals surface area contributed by atoms with E-state index in [4.69, 9.17) is 9.47 Å². The highest BCUT2D eigenvalue weighted by Crippen LogP contribution is 2.37. The lowest BCUT2D eigenvalue weighted by Gasteiger charge is -2.37. The molecule has 1 aromatic heterocycles. The summed E-state index contributed by atoms with van der Waals surface area (Å²) in [6.45, 7) is 0. The summed E-state index contributed by atoms with van der Waals surface area (Å²) in [4.78, 5) is 25.6. The van der Waals surface area contributed by atoms with E-state index in [-0.39, 0.29) is 29.9 Å². The fraction of sp³-hybridized carbons (Fsp3) is 0.300. The normalized spacial score (nSPS) is 25.0. The Bertz CT molecular complexity index is 841. The first-order valence-corrected chi connectivity index (χ1v) is 10.2. The molecule has 2 heterocycles. The zero-order valence-electron chi connectivity index (χ0n) is 13.9. The lowest BCUT2D eigenvalue weighted by Crippen LogP contribution is -2.41.